The van der Waals surface area contributed by atoms with Crippen LogP contribution in [0, 0.1) is 11.3 Å². The van der Waals surface area contributed by atoms with E-state index in [0.29, 0.717) is 17.9 Å². The largest absolute Gasteiger partial charge is 0.353 e. The molecule has 1 aromatic rings. The van der Waals surface area contributed by atoms with Crippen LogP contribution >= 0.6 is 11.6 Å². The highest BCUT2D eigenvalue weighted by Gasteiger charge is 2.50. The minimum Gasteiger partial charge on any atom is -0.353 e. The number of benzene rings is 1. The molecule has 0 spiro atoms. The van der Waals surface area contributed by atoms with Crippen LogP contribution in [-0.4, -0.2) is 43.0 Å². The zero-order valence-electron chi connectivity index (χ0n) is 15.5. The highest BCUT2D eigenvalue weighted by Crippen LogP contribution is 2.44. The third-order valence-corrected chi connectivity index (χ3v) is 6.98. The molecule has 2 aliphatic heterocycles. The number of likely N-dealkylation sites (tertiary alicyclic amines) is 1. The Balaban J connectivity index is 1.28. The lowest BCUT2D eigenvalue weighted by molar-refractivity contribution is -0.135. The van der Waals surface area contributed by atoms with Crippen LogP contribution in [0.5, 0.6) is 0 Å². The van der Waals surface area contributed by atoms with Crippen LogP contribution in [-0.2, 0) is 11.3 Å². The molecule has 1 amide bonds. The van der Waals surface area contributed by atoms with Crippen molar-refractivity contribution in [1.29, 1.82) is 0 Å². The minimum absolute atomic E-state index is 0.126. The molecule has 4 rings (SSSR count). The van der Waals surface area contributed by atoms with Gasteiger partial charge >= 0.3 is 0 Å². The van der Waals surface area contributed by atoms with Crippen molar-refractivity contribution in [3.05, 3.63) is 34.9 Å². The second-order valence-corrected chi connectivity index (χ2v) is 8.82. The third kappa shape index (κ3) is 3.78. The summed E-state index contributed by atoms with van der Waals surface area (Å²) >= 11 is 5.97. The second-order valence-electron chi connectivity index (χ2n) is 8.38. The first-order valence-corrected chi connectivity index (χ1v) is 10.5. The number of piperidine rings is 1. The van der Waals surface area contributed by atoms with Gasteiger partial charge in [-0.15, -0.1) is 0 Å². The predicted molar refractivity (Wildman–Crippen MR) is 105 cm³/mol. The molecule has 1 aliphatic carbocycles. The summed E-state index contributed by atoms with van der Waals surface area (Å²) in [7, 11) is 0. The van der Waals surface area contributed by atoms with Crippen molar-refractivity contribution in [2.75, 3.05) is 26.2 Å². The normalized spacial score (nSPS) is 30.1. The molecule has 3 fully saturated rings. The molecule has 142 valence electrons. The SMILES string of the molecule is O=C(NC1CCN(Cc2ccc(Cl)cc2)CC1)[C@@]12CCCC[C@H]1CNC2. The Bertz CT molecular complexity index is 627. The van der Waals surface area contributed by atoms with Crippen LogP contribution in [0.4, 0.5) is 0 Å². The number of halogens is 1. The fourth-order valence-corrected chi connectivity index (χ4v) is 5.23. The van der Waals surface area contributed by atoms with Gasteiger partial charge in [0.1, 0.15) is 0 Å². The number of hydrogen-bond donors (Lipinski definition) is 2. The van der Waals surface area contributed by atoms with Crippen LogP contribution < -0.4 is 10.6 Å². The van der Waals surface area contributed by atoms with Gasteiger partial charge in [-0.25, -0.2) is 0 Å². The van der Waals surface area contributed by atoms with Crippen molar-refractivity contribution in [2.45, 2.75) is 51.1 Å². The number of amides is 1. The van der Waals surface area contributed by atoms with E-state index in [0.717, 1.165) is 57.0 Å². The molecule has 2 atom stereocenters. The molecule has 26 heavy (non-hydrogen) atoms. The quantitative estimate of drug-likeness (QED) is 0.849. The number of fused-ring (bicyclic) bond motifs is 1. The van der Waals surface area contributed by atoms with Gasteiger partial charge in [0.2, 0.25) is 5.91 Å². The van der Waals surface area contributed by atoms with Crippen LogP contribution in [0.25, 0.3) is 0 Å². The summed E-state index contributed by atoms with van der Waals surface area (Å²) in [5.41, 5.74) is 1.18. The van der Waals surface area contributed by atoms with Crippen LogP contribution in [0.3, 0.4) is 0 Å². The van der Waals surface area contributed by atoms with Crippen LogP contribution in [0.2, 0.25) is 5.02 Å². The average molecular weight is 376 g/mol. The molecule has 1 aromatic carbocycles. The smallest absolute Gasteiger partial charge is 0.228 e. The number of nitrogens with zero attached hydrogens (tertiary/aromatic N) is 1. The number of nitrogens with one attached hydrogen (secondary N) is 2. The van der Waals surface area contributed by atoms with Crippen molar-refractivity contribution >= 4 is 17.5 Å². The van der Waals surface area contributed by atoms with Gasteiger partial charge in [0.15, 0.2) is 0 Å². The Hall–Kier alpha value is -1.10. The molecule has 0 bridgehead atoms. The lowest BCUT2D eigenvalue weighted by Crippen LogP contribution is -2.53. The Morgan fingerprint density at radius 3 is 2.73 bits per heavy atom. The molecular weight excluding hydrogens is 346 g/mol. The molecule has 2 N–H and O–H groups in total. The topological polar surface area (TPSA) is 44.4 Å². The number of hydrogen-bond acceptors (Lipinski definition) is 3. The monoisotopic (exact) mass is 375 g/mol. The number of carbonyl (C=O) groups is 1. The van der Waals surface area contributed by atoms with Gasteiger partial charge in [0.05, 0.1) is 5.41 Å². The van der Waals surface area contributed by atoms with E-state index in [1.807, 2.05) is 12.1 Å². The van der Waals surface area contributed by atoms with E-state index in [1.54, 1.807) is 0 Å². The summed E-state index contributed by atoms with van der Waals surface area (Å²) in [4.78, 5) is 15.6. The van der Waals surface area contributed by atoms with Crippen molar-refractivity contribution in [2.24, 2.45) is 11.3 Å². The molecule has 1 saturated carbocycles. The molecule has 0 unspecified atom stereocenters. The first-order valence-electron chi connectivity index (χ1n) is 10.1. The summed E-state index contributed by atoms with van der Waals surface area (Å²) in [5, 5.41) is 7.69. The maximum Gasteiger partial charge on any atom is 0.228 e. The lowest BCUT2D eigenvalue weighted by Gasteiger charge is -2.39. The molecule has 2 heterocycles. The molecule has 5 heteroatoms. The molecule has 0 aromatic heterocycles. The fraction of sp³-hybridized carbons (Fsp3) is 0.667. The van der Waals surface area contributed by atoms with Gasteiger partial charge in [-0.1, -0.05) is 36.6 Å². The van der Waals surface area contributed by atoms with Gasteiger partial charge in [-0.05, 0) is 55.8 Å². The Morgan fingerprint density at radius 2 is 1.96 bits per heavy atom. The van der Waals surface area contributed by atoms with Gasteiger partial charge in [-0.3, -0.25) is 9.69 Å². The first-order chi connectivity index (χ1) is 12.7. The van der Waals surface area contributed by atoms with E-state index in [-0.39, 0.29) is 5.41 Å². The third-order valence-electron chi connectivity index (χ3n) is 6.73. The summed E-state index contributed by atoms with van der Waals surface area (Å²) in [5.74, 6) is 0.865. The Labute approximate surface area is 161 Å². The fourth-order valence-electron chi connectivity index (χ4n) is 5.10. The molecule has 4 nitrogen and oxygen atoms in total. The van der Waals surface area contributed by atoms with Gasteiger partial charge in [0, 0.05) is 37.2 Å². The highest BCUT2D eigenvalue weighted by atomic mass is 35.5. The van der Waals surface area contributed by atoms with E-state index in [1.165, 1.54) is 24.8 Å². The average Bonchev–Trinajstić information content (AvgIpc) is 3.10. The van der Waals surface area contributed by atoms with E-state index in [9.17, 15) is 4.79 Å². The van der Waals surface area contributed by atoms with Crippen LogP contribution in [0.1, 0.15) is 44.1 Å². The van der Waals surface area contributed by atoms with Gasteiger partial charge in [-0.2, -0.15) is 0 Å². The zero-order chi connectivity index (χ0) is 18.0. The van der Waals surface area contributed by atoms with E-state index in [2.05, 4.69) is 27.7 Å². The predicted octanol–water partition coefficient (Wildman–Crippen LogP) is 3.20. The Kier molecular flexibility index (Phi) is 5.53. The molecular formula is C21H30ClN3O. The van der Waals surface area contributed by atoms with E-state index in [4.69, 9.17) is 11.6 Å². The standard InChI is InChI=1S/C21H30ClN3O/c22-18-6-4-16(5-7-18)14-25-11-8-19(9-12-25)24-20(26)21-10-2-1-3-17(21)13-23-15-21/h4-7,17,19,23H,1-3,8-15H2,(H,24,26)/t17-,21+/m0/s1. The molecule has 0 radical (unpaired) electrons. The van der Waals surface area contributed by atoms with Gasteiger partial charge < -0.3 is 10.6 Å². The summed E-state index contributed by atoms with van der Waals surface area (Å²) < 4.78 is 0. The van der Waals surface area contributed by atoms with Crippen molar-refractivity contribution in [3.63, 3.8) is 0 Å². The molecule has 3 aliphatic rings. The summed E-state index contributed by atoms with van der Waals surface area (Å²) in [6.45, 7) is 4.95. The highest BCUT2D eigenvalue weighted by molar-refractivity contribution is 6.30. The van der Waals surface area contributed by atoms with Crippen molar-refractivity contribution in [3.8, 4) is 0 Å². The minimum atomic E-state index is -0.126. The van der Waals surface area contributed by atoms with Gasteiger partial charge in [0.25, 0.3) is 0 Å². The van der Waals surface area contributed by atoms with E-state index < -0.39 is 0 Å². The van der Waals surface area contributed by atoms with Crippen molar-refractivity contribution in [1.82, 2.24) is 15.5 Å². The maximum absolute atomic E-state index is 13.1. The number of rotatable bonds is 4. The van der Waals surface area contributed by atoms with Crippen LogP contribution in [0.15, 0.2) is 24.3 Å². The summed E-state index contributed by atoms with van der Waals surface area (Å²) in [6, 6.07) is 8.46. The maximum atomic E-state index is 13.1. The first kappa shape index (κ1) is 18.3. The number of carbonyl (C=O) groups excluding carboxylic acids is 1. The zero-order valence-corrected chi connectivity index (χ0v) is 16.2. The Morgan fingerprint density at radius 1 is 1.19 bits per heavy atom. The lowest BCUT2D eigenvalue weighted by atomic mass is 9.67. The summed E-state index contributed by atoms with van der Waals surface area (Å²) in [6.07, 6.45) is 6.85. The molecule has 2 saturated heterocycles. The second kappa shape index (κ2) is 7.87. The van der Waals surface area contributed by atoms with Crippen molar-refractivity contribution < 1.29 is 4.79 Å². The van der Waals surface area contributed by atoms with E-state index >= 15 is 0 Å².